The molecule has 272 valence electrons. The predicted octanol–water partition coefficient (Wildman–Crippen LogP) is 9.33. The van der Waals surface area contributed by atoms with Crippen LogP contribution in [0.3, 0.4) is 0 Å². The van der Waals surface area contributed by atoms with Crippen LogP contribution in [0.25, 0.3) is 0 Å². The minimum absolute atomic E-state index is 0.156. The van der Waals surface area contributed by atoms with Gasteiger partial charge in [-0.25, -0.2) is 0 Å². The minimum atomic E-state index is -0.156. The van der Waals surface area contributed by atoms with Crippen LogP contribution >= 0.6 is 0 Å². The molecule has 0 bridgehead atoms. The van der Waals surface area contributed by atoms with Crippen molar-refractivity contribution in [3.05, 3.63) is 23.8 Å². The summed E-state index contributed by atoms with van der Waals surface area (Å²) in [7, 11) is 0. The number of esters is 1. The zero-order valence-corrected chi connectivity index (χ0v) is 30.6. The molecule has 0 saturated carbocycles. The number of aliphatic hydroxyl groups is 1. The highest BCUT2D eigenvalue weighted by Gasteiger charge is 2.16. The van der Waals surface area contributed by atoms with Crippen LogP contribution in [-0.2, 0) is 16.1 Å². The standard InChI is InChI=1S/C40H72N2O5/c1-3-5-7-9-11-12-13-14-15-16-17-19-21-32-46-39-34-37(33-38(35-39)45-31-20-18-10-8-6-4-2)36-47-40(44)23-22-24-41-25-27-42(28-26-41)29-30-43/h33-35,43H,3-32,36H2,1-2H3. The van der Waals surface area contributed by atoms with E-state index in [1.54, 1.807) is 0 Å². The van der Waals surface area contributed by atoms with Gasteiger partial charge in [0.1, 0.15) is 18.1 Å². The molecule has 0 spiro atoms. The fourth-order valence-electron chi connectivity index (χ4n) is 6.32. The third kappa shape index (κ3) is 22.4. The highest BCUT2D eigenvalue weighted by atomic mass is 16.5. The van der Waals surface area contributed by atoms with Crippen molar-refractivity contribution in [1.82, 2.24) is 9.80 Å². The summed E-state index contributed by atoms with van der Waals surface area (Å²) in [4.78, 5) is 17.2. The minimum Gasteiger partial charge on any atom is -0.493 e. The predicted molar refractivity (Wildman–Crippen MR) is 195 cm³/mol. The average molecular weight is 661 g/mol. The lowest BCUT2D eigenvalue weighted by molar-refractivity contribution is -0.145. The fourth-order valence-corrected chi connectivity index (χ4v) is 6.32. The van der Waals surface area contributed by atoms with E-state index in [1.165, 1.54) is 109 Å². The van der Waals surface area contributed by atoms with Gasteiger partial charge in [-0.1, -0.05) is 123 Å². The van der Waals surface area contributed by atoms with Gasteiger partial charge in [-0.15, -0.1) is 0 Å². The molecule has 0 aliphatic carbocycles. The van der Waals surface area contributed by atoms with Crippen molar-refractivity contribution in [2.75, 3.05) is 59.1 Å². The summed E-state index contributed by atoms with van der Waals surface area (Å²) in [6, 6.07) is 5.98. The molecule has 1 aromatic carbocycles. The molecule has 0 amide bonds. The molecule has 0 unspecified atom stereocenters. The van der Waals surface area contributed by atoms with Crippen LogP contribution in [0.1, 0.15) is 154 Å². The van der Waals surface area contributed by atoms with E-state index in [0.29, 0.717) is 19.6 Å². The maximum absolute atomic E-state index is 12.6. The normalized spacial score (nSPS) is 14.0. The molecule has 1 saturated heterocycles. The summed E-state index contributed by atoms with van der Waals surface area (Å²) in [5, 5.41) is 9.13. The number of carbonyl (C=O) groups is 1. The topological polar surface area (TPSA) is 71.5 Å². The molecule has 0 aromatic heterocycles. The zero-order valence-electron chi connectivity index (χ0n) is 30.6. The molecule has 1 N–H and O–H groups in total. The van der Waals surface area contributed by atoms with Crippen LogP contribution in [0.2, 0.25) is 0 Å². The highest BCUT2D eigenvalue weighted by Crippen LogP contribution is 2.25. The van der Waals surface area contributed by atoms with Gasteiger partial charge in [0, 0.05) is 45.2 Å². The van der Waals surface area contributed by atoms with E-state index in [1.807, 2.05) is 18.2 Å². The van der Waals surface area contributed by atoms with Gasteiger partial charge in [-0.05, 0) is 43.5 Å². The fraction of sp³-hybridized carbons (Fsp3) is 0.825. The van der Waals surface area contributed by atoms with Crippen molar-refractivity contribution in [1.29, 1.82) is 0 Å². The number of carbonyl (C=O) groups excluding carboxylic acids is 1. The number of hydrogen-bond acceptors (Lipinski definition) is 7. The van der Waals surface area contributed by atoms with Gasteiger partial charge < -0.3 is 24.2 Å². The number of hydrogen-bond donors (Lipinski definition) is 1. The van der Waals surface area contributed by atoms with E-state index in [2.05, 4.69) is 23.6 Å². The van der Waals surface area contributed by atoms with Gasteiger partial charge in [-0.2, -0.15) is 0 Å². The van der Waals surface area contributed by atoms with Crippen molar-refractivity contribution < 1.29 is 24.1 Å². The number of nitrogens with zero attached hydrogens (tertiary/aromatic N) is 2. The molecular formula is C40H72N2O5. The van der Waals surface area contributed by atoms with Crippen molar-refractivity contribution in [3.8, 4) is 11.5 Å². The largest absolute Gasteiger partial charge is 0.493 e. The Labute approximate surface area is 289 Å². The molecule has 2 rings (SSSR count). The number of piperazine rings is 1. The van der Waals surface area contributed by atoms with Crippen molar-refractivity contribution in [3.63, 3.8) is 0 Å². The van der Waals surface area contributed by atoms with E-state index in [-0.39, 0.29) is 19.2 Å². The van der Waals surface area contributed by atoms with Crippen LogP contribution in [0.15, 0.2) is 18.2 Å². The Morgan fingerprint density at radius 2 is 1.02 bits per heavy atom. The first-order valence-corrected chi connectivity index (χ1v) is 19.7. The lowest BCUT2D eigenvalue weighted by Gasteiger charge is -2.34. The smallest absolute Gasteiger partial charge is 0.306 e. The molecule has 1 heterocycles. The van der Waals surface area contributed by atoms with Crippen molar-refractivity contribution in [2.45, 2.75) is 155 Å². The Hall–Kier alpha value is -1.83. The van der Waals surface area contributed by atoms with Gasteiger partial charge in [0.15, 0.2) is 0 Å². The Bertz CT molecular complexity index is 874. The molecule has 47 heavy (non-hydrogen) atoms. The summed E-state index contributed by atoms with van der Waals surface area (Å²) >= 11 is 0. The third-order valence-electron chi connectivity index (χ3n) is 9.36. The zero-order chi connectivity index (χ0) is 33.6. The molecule has 1 fully saturated rings. The number of ether oxygens (including phenoxy) is 3. The monoisotopic (exact) mass is 661 g/mol. The van der Waals surface area contributed by atoms with Crippen LogP contribution in [-0.4, -0.2) is 80.0 Å². The summed E-state index contributed by atoms with van der Waals surface area (Å²) in [5.74, 6) is 1.44. The van der Waals surface area contributed by atoms with Crippen molar-refractivity contribution in [2.24, 2.45) is 0 Å². The molecule has 1 aromatic rings. The summed E-state index contributed by atoms with van der Waals surface area (Å²) in [5.41, 5.74) is 0.916. The Morgan fingerprint density at radius 1 is 0.596 bits per heavy atom. The van der Waals surface area contributed by atoms with E-state index in [4.69, 9.17) is 19.3 Å². The molecule has 0 radical (unpaired) electrons. The van der Waals surface area contributed by atoms with E-state index >= 15 is 0 Å². The molecule has 1 aliphatic heterocycles. The maximum atomic E-state index is 12.6. The van der Waals surface area contributed by atoms with Gasteiger partial charge >= 0.3 is 5.97 Å². The third-order valence-corrected chi connectivity index (χ3v) is 9.36. The first-order chi connectivity index (χ1) is 23.1. The van der Waals surface area contributed by atoms with Crippen LogP contribution < -0.4 is 9.47 Å². The highest BCUT2D eigenvalue weighted by molar-refractivity contribution is 5.69. The summed E-state index contributed by atoms with van der Waals surface area (Å²) < 4.78 is 18.0. The van der Waals surface area contributed by atoms with Gasteiger partial charge in [0.2, 0.25) is 0 Å². The molecule has 1 aliphatic rings. The van der Waals surface area contributed by atoms with Crippen LogP contribution in [0, 0.1) is 0 Å². The number of rotatable bonds is 31. The van der Waals surface area contributed by atoms with Gasteiger partial charge in [-0.3, -0.25) is 9.69 Å². The Balaban J connectivity index is 1.68. The van der Waals surface area contributed by atoms with E-state index < -0.39 is 0 Å². The summed E-state index contributed by atoms with van der Waals surface area (Å²) in [6.45, 7) is 12.0. The second kappa shape index (κ2) is 29.1. The van der Waals surface area contributed by atoms with Crippen molar-refractivity contribution >= 4 is 5.97 Å². The quantitative estimate of drug-likeness (QED) is 0.0629. The second-order valence-corrected chi connectivity index (χ2v) is 13.7. The van der Waals surface area contributed by atoms with Gasteiger partial charge in [0.05, 0.1) is 19.8 Å². The lowest BCUT2D eigenvalue weighted by Crippen LogP contribution is -2.47. The Morgan fingerprint density at radius 3 is 1.47 bits per heavy atom. The first-order valence-electron chi connectivity index (χ1n) is 19.7. The SMILES string of the molecule is CCCCCCCCCCCCCCCOc1cc(COC(=O)CCCN2CCN(CCO)CC2)cc(OCCCCCCCC)c1. The van der Waals surface area contributed by atoms with Gasteiger partial charge in [0.25, 0.3) is 0 Å². The molecule has 7 heteroatoms. The average Bonchev–Trinajstić information content (AvgIpc) is 3.08. The van der Waals surface area contributed by atoms with Crippen LogP contribution in [0.4, 0.5) is 0 Å². The maximum Gasteiger partial charge on any atom is 0.306 e. The first kappa shape index (κ1) is 41.3. The molecule has 0 atom stereocenters. The molecule has 7 nitrogen and oxygen atoms in total. The number of aliphatic hydroxyl groups excluding tert-OH is 1. The number of β-amino-alcohol motifs (C(OH)–C–C–N with tert-alkyl or cyclic N) is 1. The number of unbranched alkanes of at least 4 members (excludes halogenated alkanes) is 17. The second-order valence-electron chi connectivity index (χ2n) is 13.7. The van der Waals surface area contributed by atoms with E-state index in [0.717, 1.165) is 75.6 Å². The molecular weight excluding hydrogens is 588 g/mol. The lowest BCUT2D eigenvalue weighted by atomic mass is 10.0. The van der Waals surface area contributed by atoms with E-state index in [9.17, 15) is 4.79 Å². The Kier molecular flexibility index (Phi) is 25.6. The number of benzene rings is 1. The summed E-state index contributed by atoms with van der Waals surface area (Å²) in [6.07, 6.45) is 26.0. The van der Waals surface area contributed by atoms with Crippen LogP contribution in [0.5, 0.6) is 11.5 Å².